The molecule has 0 aliphatic rings. The van der Waals surface area contributed by atoms with Crippen molar-refractivity contribution in [2.24, 2.45) is 0 Å². The van der Waals surface area contributed by atoms with Gasteiger partial charge in [-0.25, -0.2) is 9.97 Å². The summed E-state index contributed by atoms with van der Waals surface area (Å²) in [5.74, 6) is 1.07. The van der Waals surface area contributed by atoms with Gasteiger partial charge in [0.05, 0.1) is 10.4 Å². The van der Waals surface area contributed by atoms with Gasteiger partial charge in [-0.15, -0.1) is 0 Å². The number of aromatic nitrogens is 2. The van der Waals surface area contributed by atoms with Crippen LogP contribution < -0.4 is 5.32 Å². The van der Waals surface area contributed by atoms with Gasteiger partial charge in [0, 0.05) is 33.2 Å². The standard InChI is InChI=1S/C20H13BrN4O2/c21-14-8-10-15(11-9-14)22-20-17-6-1-2-7-18(17)23-19(24-20)13-4-3-5-16(12-13)25(26)27/h1-12H,(H,22,23,24). The summed E-state index contributed by atoms with van der Waals surface area (Å²) in [4.78, 5) is 19.9. The molecule has 0 atom stereocenters. The maximum atomic E-state index is 11.1. The highest BCUT2D eigenvalue weighted by atomic mass is 79.9. The Hall–Kier alpha value is -3.32. The summed E-state index contributed by atoms with van der Waals surface area (Å²) < 4.78 is 0.984. The van der Waals surface area contributed by atoms with Gasteiger partial charge in [-0.3, -0.25) is 10.1 Å². The van der Waals surface area contributed by atoms with Crippen LogP contribution in [0.1, 0.15) is 0 Å². The molecule has 0 unspecified atom stereocenters. The van der Waals surface area contributed by atoms with Crippen LogP contribution in [0.5, 0.6) is 0 Å². The zero-order valence-corrected chi connectivity index (χ0v) is 15.6. The SMILES string of the molecule is O=[N+]([O-])c1cccc(-c2nc(Nc3ccc(Br)cc3)c3ccccc3n2)c1. The maximum absolute atomic E-state index is 11.1. The molecular weight excluding hydrogens is 408 g/mol. The van der Waals surface area contributed by atoms with Gasteiger partial charge in [0.1, 0.15) is 5.82 Å². The molecule has 3 aromatic carbocycles. The lowest BCUT2D eigenvalue weighted by Gasteiger charge is -2.11. The molecular formula is C20H13BrN4O2. The largest absolute Gasteiger partial charge is 0.340 e. The van der Waals surface area contributed by atoms with E-state index >= 15 is 0 Å². The lowest BCUT2D eigenvalue weighted by atomic mass is 10.1. The highest BCUT2D eigenvalue weighted by Gasteiger charge is 2.13. The molecule has 6 nitrogen and oxygen atoms in total. The third-order valence-corrected chi connectivity index (χ3v) is 4.55. The van der Waals surface area contributed by atoms with Crippen molar-refractivity contribution in [1.82, 2.24) is 9.97 Å². The molecule has 0 saturated carbocycles. The second-order valence-corrected chi connectivity index (χ2v) is 6.77. The molecule has 0 saturated heterocycles. The van der Waals surface area contributed by atoms with Crippen molar-refractivity contribution in [2.45, 2.75) is 0 Å². The molecule has 0 bridgehead atoms. The predicted octanol–water partition coefficient (Wildman–Crippen LogP) is 5.71. The van der Waals surface area contributed by atoms with Crippen molar-refractivity contribution in [1.29, 1.82) is 0 Å². The highest BCUT2D eigenvalue weighted by molar-refractivity contribution is 9.10. The molecule has 4 aromatic rings. The number of anilines is 2. The van der Waals surface area contributed by atoms with E-state index in [0.717, 1.165) is 21.1 Å². The fourth-order valence-electron chi connectivity index (χ4n) is 2.73. The van der Waals surface area contributed by atoms with E-state index in [1.807, 2.05) is 48.5 Å². The first-order valence-corrected chi connectivity index (χ1v) is 8.94. The Morgan fingerprint density at radius 1 is 0.926 bits per heavy atom. The van der Waals surface area contributed by atoms with Gasteiger partial charge in [-0.05, 0) is 36.4 Å². The number of non-ortho nitro benzene ring substituents is 1. The maximum Gasteiger partial charge on any atom is 0.270 e. The molecule has 0 amide bonds. The van der Waals surface area contributed by atoms with Gasteiger partial charge >= 0.3 is 0 Å². The average molecular weight is 421 g/mol. The molecule has 0 aliphatic carbocycles. The van der Waals surface area contributed by atoms with Crippen LogP contribution in [-0.2, 0) is 0 Å². The van der Waals surface area contributed by atoms with Gasteiger partial charge in [-0.1, -0.05) is 40.2 Å². The number of nitro benzene ring substituents is 1. The van der Waals surface area contributed by atoms with Crippen molar-refractivity contribution in [3.8, 4) is 11.4 Å². The molecule has 0 spiro atoms. The second-order valence-electron chi connectivity index (χ2n) is 5.85. The number of benzene rings is 3. The Labute approximate surface area is 163 Å². The van der Waals surface area contributed by atoms with E-state index in [1.54, 1.807) is 12.1 Å². The second kappa shape index (κ2) is 7.13. The quantitative estimate of drug-likeness (QED) is 0.337. The van der Waals surface area contributed by atoms with E-state index in [1.165, 1.54) is 12.1 Å². The van der Waals surface area contributed by atoms with Gasteiger partial charge in [0.2, 0.25) is 0 Å². The van der Waals surface area contributed by atoms with Crippen LogP contribution in [0.2, 0.25) is 0 Å². The van der Waals surface area contributed by atoms with E-state index in [9.17, 15) is 10.1 Å². The lowest BCUT2D eigenvalue weighted by Crippen LogP contribution is -1.99. The van der Waals surface area contributed by atoms with Gasteiger partial charge in [-0.2, -0.15) is 0 Å². The molecule has 132 valence electrons. The smallest absolute Gasteiger partial charge is 0.270 e. The monoisotopic (exact) mass is 420 g/mol. The van der Waals surface area contributed by atoms with Crippen LogP contribution in [-0.4, -0.2) is 14.9 Å². The summed E-state index contributed by atoms with van der Waals surface area (Å²) in [6.07, 6.45) is 0. The van der Waals surface area contributed by atoms with E-state index in [0.29, 0.717) is 17.2 Å². The van der Waals surface area contributed by atoms with Crippen molar-refractivity contribution in [3.63, 3.8) is 0 Å². The normalized spacial score (nSPS) is 10.7. The Kier molecular flexibility index (Phi) is 4.52. The number of hydrogen-bond acceptors (Lipinski definition) is 5. The zero-order valence-electron chi connectivity index (χ0n) is 14.0. The summed E-state index contributed by atoms with van der Waals surface area (Å²) in [6, 6.07) is 21.7. The number of hydrogen-bond donors (Lipinski definition) is 1. The van der Waals surface area contributed by atoms with Gasteiger partial charge in [0.25, 0.3) is 5.69 Å². The number of halogens is 1. The number of nitro groups is 1. The van der Waals surface area contributed by atoms with Crippen LogP contribution in [0, 0.1) is 10.1 Å². The van der Waals surface area contributed by atoms with Gasteiger partial charge < -0.3 is 5.32 Å². The van der Waals surface area contributed by atoms with Crippen LogP contribution in [0.3, 0.4) is 0 Å². The summed E-state index contributed by atoms with van der Waals surface area (Å²) in [7, 11) is 0. The first-order valence-electron chi connectivity index (χ1n) is 8.14. The fourth-order valence-corrected chi connectivity index (χ4v) is 2.99. The highest BCUT2D eigenvalue weighted by Crippen LogP contribution is 2.29. The Balaban J connectivity index is 1.84. The summed E-state index contributed by atoms with van der Waals surface area (Å²) in [6.45, 7) is 0. The Bertz CT molecular complexity index is 1150. The predicted molar refractivity (Wildman–Crippen MR) is 109 cm³/mol. The lowest BCUT2D eigenvalue weighted by molar-refractivity contribution is -0.384. The molecule has 0 aliphatic heterocycles. The number of para-hydroxylation sites is 1. The summed E-state index contributed by atoms with van der Waals surface area (Å²) >= 11 is 3.42. The van der Waals surface area contributed by atoms with E-state index in [2.05, 4.69) is 31.2 Å². The van der Waals surface area contributed by atoms with Crippen LogP contribution in [0.25, 0.3) is 22.3 Å². The van der Waals surface area contributed by atoms with Crippen LogP contribution >= 0.6 is 15.9 Å². The third-order valence-electron chi connectivity index (χ3n) is 4.03. The van der Waals surface area contributed by atoms with Crippen LogP contribution in [0.15, 0.2) is 77.3 Å². The van der Waals surface area contributed by atoms with Crippen LogP contribution in [0.4, 0.5) is 17.2 Å². The minimum atomic E-state index is -0.425. The first-order chi connectivity index (χ1) is 13.1. The van der Waals surface area contributed by atoms with Crippen molar-refractivity contribution in [3.05, 3.63) is 87.4 Å². The molecule has 1 heterocycles. The summed E-state index contributed by atoms with van der Waals surface area (Å²) in [5.41, 5.74) is 2.24. The number of nitrogens with zero attached hydrogens (tertiary/aromatic N) is 3. The van der Waals surface area contributed by atoms with Crippen molar-refractivity contribution < 1.29 is 4.92 Å². The van der Waals surface area contributed by atoms with Crippen molar-refractivity contribution in [2.75, 3.05) is 5.32 Å². The minimum absolute atomic E-state index is 0.00618. The van der Waals surface area contributed by atoms with Gasteiger partial charge in [0.15, 0.2) is 5.82 Å². The molecule has 0 radical (unpaired) electrons. The molecule has 1 N–H and O–H groups in total. The number of rotatable bonds is 4. The van der Waals surface area contributed by atoms with E-state index in [-0.39, 0.29) is 5.69 Å². The summed E-state index contributed by atoms with van der Waals surface area (Å²) in [5, 5.41) is 15.3. The Morgan fingerprint density at radius 3 is 2.48 bits per heavy atom. The third kappa shape index (κ3) is 3.63. The minimum Gasteiger partial charge on any atom is -0.340 e. The average Bonchev–Trinajstić information content (AvgIpc) is 2.69. The topological polar surface area (TPSA) is 81.0 Å². The molecule has 1 aromatic heterocycles. The fraction of sp³-hybridized carbons (Fsp3) is 0. The molecule has 0 fully saturated rings. The van der Waals surface area contributed by atoms with Crippen molar-refractivity contribution >= 4 is 44.0 Å². The van der Waals surface area contributed by atoms with E-state index < -0.39 is 4.92 Å². The van der Waals surface area contributed by atoms with E-state index in [4.69, 9.17) is 0 Å². The molecule has 7 heteroatoms. The molecule has 4 rings (SSSR count). The number of nitrogens with one attached hydrogen (secondary N) is 1. The zero-order chi connectivity index (χ0) is 18.8. The first kappa shape index (κ1) is 17.1. The Morgan fingerprint density at radius 2 is 1.70 bits per heavy atom. The molecule has 27 heavy (non-hydrogen) atoms. The number of fused-ring (bicyclic) bond motifs is 1.